The zero-order valence-electron chi connectivity index (χ0n) is 20.4. The summed E-state index contributed by atoms with van der Waals surface area (Å²) in [7, 11) is 1.51. The molecule has 1 aromatic heterocycles. The summed E-state index contributed by atoms with van der Waals surface area (Å²) in [5, 5.41) is 3.72. The van der Waals surface area contributed by atoms with Crippen molar-refractivity contribution in [2.75, 3.05) is 51.2 Å². The molecule has 3 heterocycles. The molecule has 0 bridgehead atoms. The summed E-state index contributed by atoms with van der Waals surface area (Å²) in [6, 6.07) is 12.6. The largest absolute Gasteiger partial charge is 0.451 e. The molecule has 2 aliphatic heterocycles. The van der Waals surface area contributed by atoms with Gasteiger partial charge in [0, 0.05) is 74.9 Å². The third kappa shape index (κ3) is 5.66. The Labute approximate surface area is 218 Å². The van der Waals surface area contributed by atoms with Gasteiger partial charge in [0.1, 0.15) is 5.82 Å². The minimum absolute atomic E-state index is 0.171. The molecule has 196 valence electrons. The SMILES string of the molecule is CNC(=O)c1ccc2nc(C(F)(F)F)nc(N3CC[C@H](N4CCN(Cc5ccc(Cl)cc5)CC4)C3)c2c1. The van der Waals surface area contributed by atoms with Crippen molar-refractivity contribution in [2.45, 2.75) is 25.2 Å². The molecule has 0 unspecified atom stereocenters. The molecule has 2 aliphatic rings. The summed E-state index contributed by atoms with van der Waals surface area (Å²) in [5.74, 6) is -1.25. The van der Waals surface area contributed by atoms with Crippen molar-refractivity contribution >= 4 is 34.2 Å². The molecule has 1 atom stereocenters. The van der Waals surface area contributed by atoms with Gasteiger partial charge in [-0.1, -0.05) is 23.7 Å². The third-order valence-electron chi connectivity index (χ3n) is 7.12. The lowest BCUT2D eigenvalue weighted by atomic mass is 10.1. The number of aromatic nitrogens is 2. The summed E-state index contributed by atoms with van der Waals surface area (Å²) in [5.41, 5.74) is 1.74. The van der Waals surface area contributed by atoms with Gasteiger partial charge in [-0.2, -0.15) is 13.2 Å². The number of rotatable bonds is 5. The molecular formula is C26H28ClF3N6O. The van der Waals surface area contributed by atoms with Crippen LogP contribution in [-0.2, 0) is 12.7 Å². The predicted molar refractivity (Wildman–Crippen MR) is 137 cm³/mol. The maximum absolute atomic E-state index is 13.6. The molecule has 2 saturated heterocycles. The highest BCUT2D eigenvalue weighted by atomic mass is 35.5. The van der Waals surface area contributed by atoms with E-state index in [1.54, 1.807) is 6.07 Å². The number of fused-ring (bicyclic) bond motifs is 1. The highest BCUT2D eigenvalue weighted by Crippen LogP contribution is 2.34. The molecule has 1 N–H and O–H groups in total. The molecule has 3 aromatic rings. The van der Waals surface area contributed by atoms with Crippen molar-refractivity contribution in [3.05, 3.63) is 64.4 Å². The first-order chi connectivity index (χ1) is 17.7. The van der Waals surface area contributed by atoms with E-state index in [4.69, 9.17) is 11.6 Å². The molecule has 37 heavy (non-hydrogen) atoms. The van der Waals surface area contributed by atoms with Gasteiger partial charge in [-0.05, 0) is 42.3 Å². The molecule has 11 heteroatoms. The zero-order chi connectivity index (χ0) is 26.2. The van der Waals surface area contributed by atoms with Crippen LogP contribution in [0.2, 0.25) is 5.02 Å². The van der Waals surface area contributed by atoms with Crippen LogP contribution >= 0.6 is 11.6 Å². The minimum atomic E-state index is -4.66. The van der Waals surface area contributed by atoms with Crippen LogP contribution < -0.4 is 10.2 Å². The van der Waals surface area contributed by atoms with Crippen molar-refractivity contribution in [3.63, 3.8) is 0 Å². The van der Waals surface area contributed by atoms with Crippen molar-refractivity contribution in [1.82, 2.24) is 25.1 Å². The van der Waals surface area contributed by atoms with Gasteiger partial charge in [-0.25, -0.2) is 9.97 Å². The van der Waals surface area contributed by atoms with Crippen LogP contribution in [0, 0.1) is 0 Å². The van der Waals surface area contributed by atoms with E-state index in [0.717, 1.165) is 44.2 Å². The number of carbonyl (C=O) groups is 1. The number of hydrogen-bond acceptors (Lipinski definition) is 6. The number of piperazine rings is 1. The van der Waals surface area contributed by atoms with Crippen LogP contribution in [-0.4, -0.2) is 78.0 Å². The normalized spacial score (nSPS) is 19.5. The molecule has 0 saturated carbocycles. The Morgan fingerprint density at radius 1 is 1.05 bits per heavy atom. The summed E-state index contributed by atoms with van der Waals surface area (Å²) in [6.07, 6.45) is -3.83. The maximum Gasteiger partial charge on any atom is 0.451 e. The van der Waals surface area contributed by atoms with Gasteiger partial charge < -0.3 is 10.2 Å². The average molecular weight is 533 g/mol. The zero-order valence-corrected chi connectivity index (χ0v) is 21.2. The maximum atomic E-state index is 13.6. The van der Waals surface area contributed by atoms with Crippen LogP contribution in [0.3, 0.4) is 0 Å². The van der Waals surface area contributed by atoms with E-state index in [-0.39, 0.29) is 23.3 Å². The first kappa shape index (κ1) is 25.7. The quantitative estimate of drug-likeness (QED) is 0.535. The Balaban J connectivity index is 1.31. The van der Waals surface area contributed by atoms with Gasteiger partial charge in [-0.3, -0.25) is 14.6 Å². The fourth-order valence-electron chi connectivity index (χ4n) is 5.13. The Morgan fingerprint density at radius 3 is 2.46 bits per heavy atom. The van der Waals surface area contributed by atoms with Crippen molar-refractivity contribution < 1.29 is 18.0 Å². The van der Waals surface area contributed by atoms with E-state index in [2.05, 4.69) is 25.1 Å². The number of halogens is 4. The van der Waals surface area contributed by atoms with Gasteiger partial charge in [0.25, 0.3) is 5.91 Å². The minimum Gasteiger partial charge on any atom is -0.355 e. The van der Waals surface area contributed by atoms with Gasteiger partial charge in [0.2, 0.25) is 5.82 Å². The van der Waals surface area contributed by atoms with Crippen molar-refractivity contribution in [2.24, 2.45) is 0 Å². The lowest BCUT2D eigenvalue weighted by Gasteiger charge is -2.38. The van der Waals surface area contributed by atoms with Crippen LogP contribution in [0.4, 0.5) is 19.0 Å². The lowest BCUT2D eigenvalue weighted by Crippen LogP contribution is -2.50. The lowest BCUT2D eigenvalue weighted by molar-refractivity contribution is -0.144. The Bertz CT molecular complexity index is 1280. The Hall–Kier alpha value is -2.95. The monoisotopic (exact) mass is 532 g/mol. The van der Waals surface area contributed by atoms with E-state index < -0.39 is 12.0 Å². The van der Waals surface area contributed by atoms with Crippen LogP contribution in [0.15, 0.2) is 42.5 Å². The number of amides is 1. The number of alkyl halides is 3. The van der Waals surface area contributed by atoms with Gasteiger partial charge in [0.05, 0.1) is 5.52 Å². The standard InChI is InChI=1S/C26H28ClF3N6O/c1-31-24(37)18-4-7-22-21(14-18)23(33-25(32-22)26(28,29)30)36-9-8-20(16-36)35-12-10-34(11-13-35)15-17-2-5-19(27)6-3-17/h2-7,14,20H,8-13,15-16H2,1H3,(H,31,37)/t20-/m0/s1. The average Bonchev–Trinajstić information content (AvgIpc) is 3.38. The molecule has 0 aliphatic carbocycles. The van der Waals surface area contributed by atoms with Gasteiger partial charge >= 0.3 is 6.18 Å². The molecule has 2 fully saturated rings. The predicted octanol–water partition coefficient (Wildman–Crippen LogP) is 4.06. The number of benzene rings is 2. The van der Waals surface area contributed by atoms with Crippen LogP contribution in [0.5, 0.6) is 0 Å². The Kier molecular flexibility index (Phi) is 7.24. The number of nitrogens with one attached hydrogen (secondary N) is 1. The van der Waals surface area contributed by atoms with Crippen LogP contribution in [0.1, 0.15) is 28.2 Å². The summed E-state index contributed by atoms with van der Waals surface area (Å²) < 4.78 is 40.8. The van der Waals surface area contributed by atoms with E-state index in [1.807, 2.05) is 29.2 Å². The summed E-state index contributed by atoms with van der Waals surface area (Å²) in [6.45, 7) is 5.65. The fourth-order valence-corrected chi connectivity index (χ4v) is 5.26. The molecule has 0 spiro atoms. The first-order valence-electron chi connectivity index (χ1n) is 12.3. The van der Waals surface area contributed by atoms with Crippen LogP contribution in [0.25, 0.3) is 10.9 Å². The van der Waals surface area contributed by atoms with E-state index in [0.29, 0.717) is 24.0 Å². The number of nitrogens with zero attached hydrogens (tertiary/aromatic N) is 5. The topological polar surface area (TPSA) is 64.6 Å². The number of anilines is 1. The second kappa shape index (κ2) is 10.4. The Morgan fingerprint density at radius 2 is 1.78 bits per heavy atom. The third-order valence-corrected chi connectivity index (χ3v) is 7.38. The second-order valence-corrected chi connectivity index (χ2v) is 9.94. The molecule has 2 aromatic carbocycles. The van der Waals surface area contributed by atoms with Gasteiger partial charge in [-0.15, -0.1) is 0 Å². The highest BCUT2D eigenvalue weighted by Gasteiger charge is 2.37. The molecular weight excluding hydrogens is 505 g/mol. The molecule has 0 radical (unpaired) electrons. The molecule has 1 amide bonds. The number of carbonyl (C=O) groups excluding carboxylic acids is 1. The van der Waals surface area contributed by atoms with E-state index in [9.17, 15) is 18.0 Å². The molecule has 5 rings (SSSR count). The summed E-state index contributed by atoms with van der Waals surface area (Å²) >= 11 is 5.99. The second-order valence-electron chi connectivity index (χ2n) is 9.51. The first-order valence-corrected chi connectivity index (χ1v) is 12.7. The van der Waals surface area contributed by atoms with E-state index >= 15 is 0 Å². The fraction of sp³-hybridized carbons (Fsp3) is 0.423. The van der Waals surface area contributed by atoms with E-state index in [1.165, 1.54) is 24.7 Å². The van der Waals surface area contributed by atoms with Crippen molar-refractivity contribution in [1.29, 1.82) is 0 Å². The highest BCUT2D eigenvalue weighted by molar-refractivity contribution is 6.30. The smallest absolute Gasteiger partial charge is 0.355 e. The van der Waals surface area contributed by atoms with Crippen molar-refractivity contribution in [3.8, 4) is 0 Å². The van der Waals surface area contributed by atoms with Gasteiger partial charge in [0.15, 0.2) is 0 Å². The summed E-state index contributed by atoms with van der Waals surface area (Å²) in [4.78, 5) is 26.6. The molecule has 7 nitrogen and oxygen atoms in total. The number of hydrogen-bond donors (Lipinski definition) is 1.